The SMILES string of the molecule is C=C(C)/C=C\C(C)=NC.CCC. The lowest BCUT2D eigenvalue weighted by molar-refractivity contribution is 1.09. The third-order valence-corrected chi connectivity index (χ3v) is 0.962. The van der Waals surface area contributed by atoms with Crippen LogP contribution in [0, 0.1) is 0 Å². The van der Waals surface area contributed by atoms with Crippen molar-refractivity contribution in [1.29, 1.82) is 0 Å². The number of nitrogens with zero attached hydrogens (tertiary/aromatic N) is 1. The summed E-state index contributed by atoms with van der Waals surface area (Å²) in [6, 6.07) is 0. The molecule has 70 valence electrons. The minimum atomic E-state index is 1.03. The lowest BCUT2D eigenvalue weighted by atomic mass is 10.3. The highest BCUT2D eigenvalue weighted by atomic mass is 14.7. The Bertz CT molecular complexity index is 164. The first-order valence-corrected chi connectivity index (χ1v) is 4.35. The predicted molar refractivity (Wildman–Crippen MR) is 59.0 cm³/mol. The van der Waals surface area contributed by atoms with Crippen LogP contribution in [0.4, 0.5) is 0 Å². The van der Waals surface area contributed by atoms with E-state index in [0.29, 0.717) is 0 Å². The number of aliphatic imine (C=N–C) groups is 1. The summed E-state index contributed by atoms with van der Waals surface area (Å²) in [7, 11) is 1.78. The molecule has 0 aliphatic heterocycles. The molecular formula is C11H21N. The van der Waals surface area contributed by atoms with Crippen molar-refractivity contribution in [3.05, 3.63) is 24.3 Å². The monoisotopic (exact) mass is 167 g/mol. The van der Waals surface area contributed by atoms with E-state index in [1.807, 2.05) is 26.0 Å². The molecule has 0 aromatic heterocycles. The number of allylic oxidation sites excluding steroid dienone is 3. The van der Waals surface area contributed by atoms with E-state index in [4.69, 9.17) is 0 Å². The van der Waals surface area contributed by atoms with Gasteiger partial charge in [0.1, 0.15) is 0 Å². The fourth-order valence-corrected chi connectivity index (χ4v) is 0.337. The lowest BCUT2D eigenvalue weighted by Crippen LogP contribution is -1.81. The number of hydrogen-bond acceptors (Lipinski definition) is 1. The van der Waals surface area contributed by atoms with Crippen molar-refractivity contribution in [3.8, 4) is 0 Å². The van der Waals surface area contributed by atoms with E-state index in [0.717, 1.165) is 11.3 Å². The van der Waals surface area contributed by atoms with Crippen molar-refractivity contribution in [3.63, 3.8) is 0 Å². The van der Waals surface area contributed by atoms with Gasteiger partial charge in [-0.2, -0.15) is 0 Å². The molecule has 0 aromatic carbocycles. The smallest absolute Gasteiger partial charge is 0.0313 e. The van der Waals surface area contributed by atoms with Crippen LogP contribution in [0.5, 0.6) is 0 Å². The molecule has 0 saturated carbocycles. The molecule has 12 heavy (non-hydrogen) atoms. The first-order valence-electron chi connectivity index (χ1n) is 4.35. The zero-order valence-corrected chi connectivity index (χ0v) is 9.02. The van der Waals surface area contributed by atoms with E-state index in [9.17, 15) is 0 Å². The summed E-state index contributed by atoms with van der Waals surface area (Å²) in [5.74, 6) is 0. The van der Waals surface area contributed by atoms with Crippen LogP contribution in [-0.2, 0) is 0 Å². The molecule has 0 rings (SSSR count). The first-order chi connectivity index (χ1) is 5.58. The Morgan fingerprint density at radius 3 is 1.92 bits per heavy atom. The van der Waals surface area contributed by atoms with Crippen molar-refractivity contribution in [2.75, 3.05) is 7.05 Å². The average Bonchev–Trinajstić information content (AvgIpc) is 2.01. The van der Waals surface area contributed by atoms with Gasteiger partial charge in [-0.05, 0) is 19.9 Å². The molecule has 0 atom stereocenters. The Kier molecular flexibility index (Phi) is 11.6. The molecular weight excluding hydrogens is 146 g/mol. The van der Waals surface area contributed by atoms with Crippen LogP contribution in [0.1, 0.15) is 34.1 Å². The molecule has 0 fully saturated rings. The molecule has 0 aliphatic carbocycles. The average molecular weight is 167 g/mol. The highest BCUT2D eigenvalue weighted by Gasteiger charge is 1.77. The molecule has 0 aliphatic rings. The van der Waals surface area contributed by atoms with Gasteiger partial charge in [-0.3, -0.25) is 4.99 Å². The van der Waals surface area contributed by atoms with Gasteiger partial charge in [0, 0.05) is 12.8 Å². The van der Waals surface area contributed by atoms with Gasteiger partial charge < -0.3 is 0 Å². The van der Waals surface area contributed by atoms with E-state index in [1.54, 1.807) is 7.05 Å². The largest absolute Gasteiger partial charge is 0.293 e. The molecule has 0 amide bonds. The van der Waals surface area contributed by atoms with Crippen LogP contribution in [0.25, 0.3) is 0 Å². The molecule has 0 bridgehead atoms. The van der Waals surface area contributed by atoms with E-state index < -0.39 is 0 Å². The highest BCUT2D eigenvalue weighted by molar-refractivity contribution is 5.92. The zero-order valence-electron chi connectivity index (χ0n) is 9.02. The van der Waals surface area contributed by atoms with Gasteiger partial charge in [-0.25, -0.2) is 0 Å². The van der Waals surface area contributed by atoms with Gasteiger partial charge in [-0.15, -0.1) is 0 Å². The Morgan fingerprint density at radius 1 is 1.25 bits per heavy atom. The third kappa shape index (κ3) is 16.1. The topological polar surface area (TPSA) is 12.4 Å². The van der Waals surface area contributed by atoms with Crippen molar-refractivity contribution in [2.24, 2.45) is 4.99 Å². The molecule has 0 heterocycles. The van der Waals surface area contributed by atoms with Gasteiger partial charge in [0.2, 0.25) is 0 Å². The van der Waals surface area contributed by atoms with Crippen LogP contribution in [0.3, 0.4) is 0 Å². The molecule has 0 saturated heterocycles. The molecule has 0 aromatic rings. The standard InChI is InChI=1S/C8H13N.C3H8/c1-7(2)5-6-8(3)9-4;1-3-2/h5-6H,1H2,2-4H3;3H2,1-2H3/b6-5-,9-8?;. The summed E-state index contributed by atoms with van der Waals surface area (Å²) < 4.78 is 0. The van der Waals surface area contributed by atoms with Crippen molar-refractivity contribution >= 4 is 5.71 Å². The molecule has 0 spiro atoms. The Labute approximate surface area is 76.9 Å². The van der Waals surface area contributed by atoms with Crippen LogP contribution < -0.4 is 0 Å². The molecule has 0 N–H and O–H groups in total. The lowest BCUT2D eigenvalue weighted by Gasteiger charge is -1.86. The quantitative estimate of drug-likeness (QED) is 0.440. The summed E-state index contributed by atoms with van der Waals surface area (Å²) in [4.78, 5) is 3.95. The number of hydrogen-bond donors (Lipinski definition) is 0. The Balaban J connectivity index is 0. The summed E-state index contributed by atoms with van der Waals surface area (Å²) >= 11 is 0. The molecule has 0 radical (unpaired) electrons. The summed E-state index contributed by atoms with van der Waals surface area (Å²) in [5.41, 5.74) is 2.08. The van der Waals surface area contributed by atoms with E-state index >= 15 is 0 Å². The van der Waals surface area contributed by atoms with Crippen molar-refractivity contribution in [2.45, 2.75) is 34.1 Å². The zero-order chi connectivity index (χ0) is 9.98. The molecule has 1 heteroatoms. The van der Waals surface area contributed by atoms with Crippen LogP contribution in [0.15, 0.2) is 29.3 Å². The van der Waals surface area contributed by atoms with Gasteiger partial charge in [-0.1, -0.05) is 38.5 Å². The van der Waals surface area contributed by atoms with Gasteiger partial charge in [0.05, 0.1) is 0 Å². The van der Waals surface area contributed by atoms with Gasteiger partial charge >= 0.3 is 0 Å². The minimum Gasteiger partial charge on any atom is -0.293 e. The number of rotatable bonds is 2. The summed E-state index contributed by atoms with van der Waals surface area (Å²) in [6.07, 6.45) is 5.14. The maximum atomic E-state index is 3.95. The van der Waals surface area contributed by atoms with Crippen LogP contribution in [0.2, 0.25) is 0 Å². The minimum absolute atomic E-state index is 1.03. The van der Waals surface area contributed by atoms with E-state index in [2.05, 4.69) is 25.4 Å². The second-order valence-corrected chi connectivity index (χ2v) is 2.75. The Morgan fingerprint density at radius 2 is 1.67 bits per heavy atom. The Hall–Kier alpha value is -0.850. The van der Waals surface area contributed by atoms with Crippen LogP contribution >= 0.6 is 0 Å². The van der Waals surface area contributed by atoms with Gasteiger partial charge in [0.25, 0.3) is 0 Å². The summed E-state index contributed by atoms with van der Waals surface area (Å²) in [5, 5.41) is 0. The van der Waals surface area contributed by atoms with E-state index in [1.165, 1.54) is 6.42 Å². The molecule has 1 nitrogen and oxygen atoms in total. The van der Waals surface area contributed by atoms with Crippen molar-refractivity contribution < 1.29 is 0 Å². The molecule has 0 unspecified atom stereocenters. The maximum absolute atomic E-state index is 3.95. The second-order valence-electron chi connectivity index (χ2n) is 2.75. The highest BCUT2D eigenvalue weighted by Crippen LogP contribution is 1.89. The first kappa shape index (κ1) is 13.7. The van der Waals surface area contributed by atoms with Crippen LogP contribution in [-0.4, -0.2) is 12.8 Å². The van der Waals surface area contributed by atoms with E-state index in [-0.39, 0.29) is 0 Å². The van der Waals surface area contributed by atoms with Crippen molar-refractivity contribution in [1.82, 2.24) is 0 Å². The van der Waals surface area contributed by atoms with Gasteiger partial charge in [0.15, 0.2) is 0 Å². The maximum Gasteiger partial charge on any atom is 0.0313 e. The fourth-order valence-electron chi connectivity index (χ4n) is 0.337. The third-order valence-electron chi connectivity index (χ3n) is 0.962. The predicted octanol–water partition coefficient (Wildman–Crippen LogP) is 3.63. The summed E-state index contributed by atoms with van der Waals surface area (Å²) in [6.45, 7) is 11.9. The normalized spacial score (nSPS) is 10.9. The second kappa shape index (κ2) is 10.2. The fraction of sp³-hybridized carbons (Fsp3) is 0.545.